The predicted molar refractivity (Wildman–Crippen MR) is 122 cm³/mol. The Bertz CT molecular complexity index is 1350. The number of carbonyl (C=O) groups excluding carboxylic acids is 2. The summed E-state index contributed by atoms with van der Waals surface area (Å²) in [6.45, 7) is 0.211. The molecular weight excluding hydrogens is 467 g/mol. The number of fused-ring (bicyclic) bond motifs is 1. The van der Waals surface area contributed by atoms with Gasteiger partial charge in [0.25, 0.3) is 0 Å². The number of sulfonamides is 1. The van der Waals surface area contributed by atoms with Crippen LogP contribution in [0.15, 0.2) is 52.7 Å². The zero-order chi connectivity index (χ0) is 23.2. The SMILES string of the molecule is O=C1Cc2cc(-c3csc(NC(=O)[C@H]4CCCN4S(=O)(=O)c4ccc(F)cc4)n3)ccc2N1. The van der Waals surface area contributed by atoms with Crippen molar-refractivity contribution in [2.45, 2.75) is 30.2 Å². The van der Waals surface area contributed by atoms with E-state index in [4.69, 9.17) is 0 Å². The Labute approximate surface area is 193 Å². The number of hydrogen-bond donors (Lipinski definition) is 2. The lowest BCUT2D eigenvalue weighted by atomic mass is 10.1. The van der Waals surface area contributed by atoms with Gasteiger partial charge in [-0.15, -0.1) is 11.3 Å². The Balaban J connectivity index is 1.32. The third-order valence-corrected chi connectivity index (χ3v) is 8.37. The molecule has 33 heavy (non-hydrogen) atoms. The summed E-state index contributed by atoms with van der Waals surface area (Å²) in [6, 6.07) is 9.25. The van der Waals surface area contributed by atoms with E-state index in [2.05, 4.69) is 15.6 Å². The van der Waals surface area contributed by atoms with Crippen molar-refractivity contribution in [2.24, 2.45) is 0 Å². The number of nitrogens with zero attached hydrogens (tertiary/aromatic N) is 2. The van der Waals surface area contributed by atoms with Crippen molar-refractivity contribution in [1.29, 1.82) is 0 Å². The molecule has 1 fully saturated rings. The van der Waals surface area contributed by atoms with Gasteiger partial charge in [0, 0.05) is 23.2 Å². The van der Waals surface area contributed by atoms with Crippen molar-refractivity contribution in [3.05, 3.63) is 59.2 Å². The van der Waals surface area contributed by atoms with Crippen LogP contribution in [0, 0.1) is 5.82 Å². The van der Waals surface area contributed by atoms with Gasteiger partial charge in [0.2, 0.25) is 21.8 Å². The molecule has 0 aliphatic carbocycles. The van der Waals surface area contributed by atoms with Gasteiger partial charge in [0.1, 0.15) is 11.9 Å². The molecule has 5 rings (SSSR count). The fourth-order valence-corrected chi connectivity index (χ4v) is 6.45. The lowest BCUT2D eigenvalue weighted by Crippen LogP contribution is -2.43. The van der Waals surface area contributed by atoms with Crippen molar-refractivity contribution >= 4 is 44.0 Å². The first-order valence-corrected chi connectivity index (χ1v) is 12.6. The number of amides is 2. The molecule has 2 N–H and O–H groups in total. The van der Waals surface area contributed by atoms with Crippen LogP contribution in [-0.2, 0) is 26.0 Å². The fraction of sp³-hybridized carbons (Fsp3) is 0.227. The average molecular weight is 487 g/mol. The Hall–Kier alpha value is -3.15. The highest BCUT2D eigenvalue weighted by Gasteiger charge is 2.39. The Morgan fingerprint density at radius 2 is 2.00 bits per heavy atom. The van der Waals surface area contributed by atoms with Crippen LogP contribution in [0.4, 0.5) is 15.2 Å². The number of anilines is 2. The third kappa shape index (κ3) is 4.14. The second-order valence-electron chi connectivity index (χ2n) is 7.85. The zero-order valence-electron chi connectivity index (χ0n) is 17.2. The first kappa shape index (κ1) is 21.7. The normalized spacial score (nSPS) is 18.2. The van der Waals surface area contributed by atoms with Crippen molar-refractivity contribution in [2.75, 3.05) is 17.2 Å². The fourth-order valence-electron chi connectivity index (χ4n) is 4.07. The highest BCUT2D eigenvalue weighted by Crippen LogP contribution is 2.32. The van der Waals surface area contributed by atoms with Crippen molar-refractivity contribution in [3.63, 3.8) is 0 Å². The number of aromatic nitrogens is 1. The van der Waals surface area contributed by atoms with Crippen LogP contribution in [0.2, 0.25) is 0 Å². The largest absolute Gasteiger partial charge is 0.326 e. The van der Waals surface area contributed by atoms with Gasteiger partial charge >= 0.3 is 0 Å². The van der Waals surface area contributed by atoms with E-state index in [1.54, 1.807) is 5.38 Å². The van der Waals surface area contributed by atoms with E-state index in [1.165, 1.54) is 23.5 Å². The Kier molecular flexibility index (Phi) is 5.47. The summed E-state index contributed by atoms with van der Waals surface area (Å²) >= 11 is 1.24. The molecule has 1 saturated heterocycles. The molecule has 0 radical (unpaired) electrons. The number of rotatable bonds is 5. The number of halogens is 1. The van der Waals surface area contributed by atoms with Crippen LogP contribution < -0.4 is 10.6 Å². The highest BCUT2D eigenvalue weighted by molar-refractivity contribution is 7.89. The predicted octanol–water partition coefficient (Wildman–Crippen LogP) is 3.24. The van der Waals surface area contributed by atoms with Crippen LogP contribution in [0.1, 0.15) is 18.4 Å². The van der Waals surface area contributed by atoms with Crippen molar-refractivity contribution in [1.82, 2.24) is 9.29 Å². The minimum Gasteiger partial charge on any atom is -0.326 e. The average Bonchev–Trinajstić information content (AvgIpc) is 3.52. The van der Waals surface area contributed by atoms with E-state index in [-0.39, 0.29) is 17.3 Å². The van der Waals surface area contributed by atoms with Crippen LogP contribution in [0.25, 0.3) is 11.3 Å². The molecule has 170 valence electrons. The van der Waals surface area contributed by atoms with Gasteiger partial charge in [-0.05, 0) is 54.8 Å². The van der Waals surface area contributed by atoms with Crippen LogP contribution >= 0.6 is 11.3 Å². The highest BCUT2D eigenvalue weighted by atomic mass is 32.2. The number of thiazole rings is 1. The summed E-state index contributed by atoms with van der Waals surface area (Å²) in [5.74, 6) is -1.04. The molecule has 2 amide bonds. The summed E-state index contributed by atoms with van der Waals surface area (Å²) < 4.78 is 40.4. The first-order chi connectivity index (χ1) is 15.8. The molecule has 0 unspecified atom stereocenters. The summed E-state index contributed by atoms with van der Waals surface area (Å²) in [5, 5.41) is 7.67. The molecule has 2 aliphatic heterocycles. The smallest absolute Gasteiger partial charge is 0.244 e. The van der Waals surface area contributed by atoms with Gasteiger partial charge < -0.3 is 10.6 Å². The van der Waals surface area contributed by atoms with E-state index in [0.29, 0.717) is 30.1 Å². The molecule has 1 aromatic heterocycles. The second kappa shape index (κ2) is 8.32. The minimum atomic E-state index is -3.93. The molecule has 0 bridgehead atoms. The molecule has 2 aliphatic rings. The van der Waals surface area contributed by atoms with Gasteiger partial charge in [-0.25, -0.2) is 17.8 Å². The minimum absolute atomic E-state index is 0.0508. The van der Waals surface area contributed by atoms with Gasteiger partial charge in [0.15, 0.2) is 5.13 Å². The number of benzene rings is 2. The monoisotopic (exact) mass is 486 g/mol. The molecule has 2 aromatic carbocycles. The van der Waals surface area contributed by atoms with E-state index >= 15 is 0 Å². The molecule has 0 saturated carbocycles. The van der Waals surface area contributed by atoms with E-state index < -0.39 is 27.8 Å². The lowest BCUT2D eigenvalue weighted by molar-refractivity contribution is -0.119. The van der Waals surface area contributed by atoms with Gasteiger partial charge in [-0.1, -0.05) is 6.07 Å². The maximum absolute atomic E-state index is 13.2. The molecule has 1 atom stereocenters. The van der Waals surface area contributed by atoms with Gasteiger partial charge in [-0.3, -0.25) is 9.59 Å². The molecular formula is C22H19FN4O4S2. The molecule has 8 nitrogen and oxygen atoms in total. The summed E-state index contributed by atoms with van der Waals surface area (Å²) in [4.78, 5) is 28.9. The molecule has 3 heterocycles. The molecule has 0 spiro atoms. The number of nitrogens with one attached hydrogen (secondary N) is 2. The summed E-state index contributed by atoms with van der Waals surface area (Å²) in [7, 11) is -3.93. The molecule has 11 heteroatoms. The van der Waals surface area contributed by atoms with Gasteiger partial charge in [-0.2, -0.15) is 4.31 Å². The van der Waals surface area contributed by atoms with Crippen LogP contribution in [0.5, 0.6) is 0 Å². The standard InChI is InChI=1S/C22H19FN4O4S2/c23-15-4-6-16(7-5-15)33(30,31)27-9-1-2-19(27)21(29)26-22-25-18(12-32-22)13-3-8-17-14(10-13)11-20(28)24-17/h3-8,10,12,19H,1-2,9,11H2,(H,24,28)(H,25,26,29)/t19-/m1/s1. The lowest BCUT2D eigenvalue weighted by Gasteiger charge is -2.23. The van der Waals surface area contributed by atoms with Crippen LogP contribution in [-0.4, -0.2) is 42.1 Å². The number of hydrogen-bond acceptors (Lipinski definition) is 6. The molecule has 3 aromatic rings. The van der Waals surface area contributed by atoms with Crippen molar-refractivity contribution < 1.29 is 22.4 Å². The quantitative estimate of drug-likeness (QED) is 0.576. The zero-order valence-corrected chi connectivity index (χ0v) is 18.9. The summed E-state index contributed by atoms with van der Waals surface area (Å²) in [5.41, 5.74) is 3.16. The topological polar surface area (TPSA) is 108 Å². The maximum Gasteiger partial charge on any atom is 0.244 e. The Morgan fingerprint density at radius 1 is 1.21 bits per heavy atom. The van der Waals surface area contributed by atoms with E-state index in [9.17, 15) is 22.4 Å². The third-order valence-electron chi connectivity index (χ3n) is 5.69. The van der Waals surface area contributed by atoms with Crippen molar-refractivity contribution in [3.8, 4) is 11.3 Å². The second-order valence-corrected chi connectivity index (χ2v) is 10.6. The summed E-state index contributed by atoms with van der Waals surface area (Å²) in [6.07, 6.45) is 1.25. The van der Waals surface area contributed by atoms with E-state index in [1.807, 2.05) is 18.2 Å². The Morgan fingerprint density at radius 3 is 2.79 bits per heavy atom. The maximum atomic E-state index is 13.2. The first-order valence-electron chi connectivity index (χ1n) is 10.3. The van der Waals surface area contributed by atoms with Gasteiger partial charge in [0.05, 0.1) is 17.0 Å². The number of carbonyl (C=O) groups is 2. The van der Waals surface area contributed by atoms with Crippen LogP contribution in [0.3, 0.4) is 0 Å². The van der Waals surface area contributed by atoms with E-state index in [0.717, 1.165) is 33.3 Å².